The Hall–Kier alpha value is -0.280. The van der Waals surface area contributed by atoms with Crippen molar-refractivity contribution in [1.29, 1.82) is 0 Å². The maximum Gasteiger partial charge on any atom is 0.0637 e. The number of halogens is 4. The minimum atomic E-state index is -0.196. The Morgan fingerprint density at radius 3 is 2.72 bits per heavy atom. The fourth-order valence-corrected chi connectivity index (χ4v) is 3.01. The normalized spacial score (nSPS) is 12.4. The molecule has 94 valence electrons. The van der Waals surface area contributed by atoms with Crippen molar-refractivity contribution < 1.29 is 0 Å². The Balaban J connectivity index is 2.25. The standard InChI is InChI=1S/C13H9BrCl3N/c14-11-2-1-9(15)6-10(11)12(16)5-8-3-4-18-7-13(8)17/h1-4,6-7,12H,5H2. The second kappa shape index (κ2) is 6.25. The molecule has 1 nitrogen and oxygen atoms in total. The molecule has 1 heterocycles. The summed E-state index contributed by atoms with van der Waals surface area (Å²) in [6.45, 7) is 0. The van der Waals surface area contributed by atoms with Crippen LogP contribution in [0.25, 0.3) is 0 Å². The number of rotatable bonds is 3. The van der Waals surface area contributed by atoms with Crippen molar-refractivity contribution >= 4 is 50.7 Å². The number of benzene rings is 1. The Kier molecular flexibility index (Phi) is 4.91. The smallest absolute Gasteiger partial charge is 0.0637 e. The fraction of sp³-hybridized carbons (Fsp3) is 0.154. The summed E-state index contributed by atoms with van der Waals surface area (Å²) in [6.07, 6.45) is 3.95. The fourth-order valence-electron chi connectivity index (χ4n) is 1.63. The minimum Gasteiger partial charge on any atom is -0.263 e. The van der Waals surface area contributed by atoms with Crippen LogP contribution >= 0.6 is 50.7 Å². The van der Waals surface area contributed by atoms with Gasteiger partial charge in [-0.1, -0.05) is 39.1 Å². The topological polar surface area (TPSA) is 12.9 Å². The third-order valence-corrected chi connectivity index (χ3v) is 4.24. The molecule has 0 fully saturated rings. The van der Waals surface area contributed by atoms with E-state index in [1.165, 1.54) is 0 Å². The van der Waals surface area contributed by atoms with Gasteiger partial charge in [0.15, 0.2) is 0 Å². The quantitative estimate of drug-likeness (QED) is 0.638. The lowest BCUT2D eigenvalue weighted by molar-refractivity contribution is 0.911. The average Bonchev–Trinajstić information content (AvgIpc) is 2.35. The van der Waals surface area contributed by atoms with Gasteiger partial charge in [-0.05, 0) is 41.8 Å². The summed E-state index contributed by atoms with van der Waals surface area (Å²) >= 11 is 21.9. The largest absolute Gasteiger partial charge is 0.263 e. The van der Waals surface area contributed by atoms with Crippen LogP contribution in [0, 0.1) is 0 Å². The first-order chi connectivity index (χ1) is 8.58. The lowest BCUT2D eigenvalue weighted by Gasteiger charge is -2.13. The molecule has 0 amide bonds. The van der Waals surface area contributed by atoms with Gasteiger partial charge in [0.05, 0.1) is 10.4 Å². The van der Waals surface area contributed by atoms with E-state index in [1.807, 2.05) is 24.3 Å². The molecule has 1 aromatic carbocycles. The highest BCUT2D eigenvalue weighted by molar-refractivity contribution is 9.10. The molecule has 1 unspecified atom stereocenters. The molecule has 5 heteroatoms. The Morgan fingerprint density at radius 2 is 2.00 bits per heavy atom. The molecular weight excluding hydrogens is 356 g/mol. The van der Waals surface area contributed by atoms with E-state index in [1.54, 1.807) is 12.4 Å². The molecule has 0 N–H and O–H groups in total. The zero-order valence-electron chi connectivity index (χ0n) is 9.21. The highest BCUT2D eigenvalue weighted by atomic mass is 79.9. The third-order valence-electron chi connectivity index (χ3n) is 2.55. The number of aromatic nitrogens is 1. The van der Waals surface area contributed by atoms with Crippen LogP contribution in [0.1, 0.15) is 16.5 Å². The molecule has 2 rings (SSSR count). The molecule has 1 aromatic heterocycles. The zero-order valence-corrected chi connectivity index (χ0v) is 13.1. The molecule has 0 spiro atoms. The van der Waals surface area contributed by atoms with Crippen molar-refractivity contribution in [2.75, 3.05) is 0 Å². The number of hydrogen-bond donors (Lipinski definition) is 0. The van der Waals surface area contributed by atoms with E-state index in [0.717, 1.165) is 15.6 Å². The van der Waals surface area contributed by atoms with E-state index in [4.69, 9.17) is 34.8 Å². The first kappa shape index (κ1) is 14.1. The molecule has 0 aliphatic heterocycles. The van der Waals surface area contributed by atoms with E-state index in [2.05, 4.69) is 20.9 Å². The van der Waals surface area contributed by atoms with Gasteiger partial charge in [-0.3, -0.25) is 4.98 Å². The van der Waals surface area contributed by atoms with Crippen LogP contribution in [0.15, 0.2) is 41.1 Å². The van der Waals surface area contributed by atoms with Gasteiger partial charge < -0.3 is 0 Å². The zero-order chi connectivity index (χ0) is 13.1. The van der Waals surface area contributed by atoms with Gasteiger partial charge >= 0.3 is 0 Å². The van der Waals surface area contributed by atoms with Crippen LogP contribution in [-0.2, 0) is 6.42 Å². The van der Waals surface area contributed by atoms with Gasteiger partial charge in [0, 0.05) is 21.9 Å². The average molecular weight is 365 g/mol. The van der Waals surface area contributed by atoms with Crippen molar-refractivity contribution in [3.63, 3.8) is 0 Å². The second-order valence-electron chi connectivity index (χ2n) is 3.80. The van der Waals surface area contributed by atoms with Crippen molar-refractivity contribution in [3.8, 4) is 0 Å². The molecule has 0 radical (unpaired) electrons. The van der Waals surface area contributed by atoms with Crippen molar-refractivity contribution in [1.82, 2.24) is 4.98 Å². The first-order valence-corrected chi connectivity index (χ1v) is 7.24. The van der Waals surface area contributed by atoms with Crippen molar-refractivity contribution in [2.24, 2.45) is 0 Å². The van der Waals surface area contributed by atoms with Crippen LogP contribution < -0.4 is 0 Å². The van der Waals surface area contributed by atoms with Crippen LogP contribution in [0.3, 0.4) is 0 Å². The predicted octanol–water partition coefficient (Wildman–Crippen LogP) is 5.67. The highest BCUT2D eigenvalue weighted by Gasteiger charge is 2.14. The van der Waals surface area contributed by atoms with Crippen LogP contribution in [0.2, 0.25) is 10.0 Å². The molecule has 0 saturated heterocycles. The third kappa shape index (κ3) is 3.39. The summed E-state index contributed by atoms with van der Waals surface area (Å²) in [6, 6.07) is 7.44. The molecule has 2 aromatic rings. The lowest BCUT2D eigenvalue weighted by Crippen LogP contribution is -1.98. The van der Waals surface area contributed by atoms with Crippen LogP contribution in [0.4, 0.5) is 0 Å². The SMILES string of the molecule is Clc1ccc(Br)c(C(Cl)Cc2ccncc2Cl)c1. The van der Waals surface area contributed by atoms with E-state index >= 15 is 0 Å². The molecule has 0 saturated carbocycles. The van der Waals surface area contributed by atoms with Crippen LogP contribution in [0.5, 0.6) is 0 Å². The Labute approximate surface area is 129 Å². The summed E-state index contributed by atoms with van der Waals surface area (Å²) in [5.74, 6) is 0. The molecular formula is C13H9BrCl3N. The predicted molar refractivity (Wildman–Crippen MR) is 80.7 cm³/mol. The summed E-state index contributed by atoms with van der Waals surface area (Å²) in [7, 11) is 0. The lowest BCUT2D eigenvalue weighted by atomic mass is 10.0. The molecule has 0 aliphatic rings. The van der Waals surface area contributed by atoms with Crippen molar-refractivity contribution in [2.45, 2.75) is 11.8 Å². The highest BCUT2D eigenvalue weighted by Crippen LogP contribution is 2.34. The maximum atomic E-state index is 6.42. The van der Waals surface area contributed by atoms with Crippen LogP contribution in [-0.4, -0.2) is 4.98 Å². The molecule has 0 bridgehead atoms. The van der Waals surface area contributed by atoms with Gasteiger partial charge in [-0.2, -0.15) is 0 Å². The van der Waals surface area contributed by atoms with Gasteiger partial charge in [0.25, 0.3) is 0 Å². The summed E-state index contributed by atoms with van der Waals surface area (Å²) < 4.78 is 0.942. The summed E-state index contributed by atoms with van der Waals surface area (Å²) in [5, 5.41) is 1.10. The molecule has 18 heavy (non-hydrogen) atoms. The molecule has 1 atom stereocenters. The van der Waals surface area contributed by atoms with E-state index in [0.29, 0.717) is 16.5 Å². The van der Waals surface area contributed by atoms with Crippen molar-refractivity contribution in [3.05, 3.63) is 62.3 Å². The first-order valence-electron chi connectivity index (χ1n) is 5.25. The molecule has 0 aliphatic carbocycles. The van der Waals surface area contributed by atoms with Gasteiger partial charge in [-0.25, -0.2) is 0 Å². The van der Waals surface area contributed by atoms with Gasteiger partial charge in [-0.15, -0.1) is 11.6 Å². The number of hydrogen-bond acceptors (Lipinski definition) is 1. The summed E-state index contributed by atoms with van der Waals surface area (Å²) in [5.41, 5.74) is 1.93. The monoisotopic (exact) mass is 363 g/mol. The Morgan fingerprint density at radius 1 is 1.22 bits per heavy atom. The number of nitrogens with zero attached hydrogens (tertiary/aromatic N) is 1. The maximum absolute atomic E-state index is 6.42. The summed E-state index contributed by atoms with van der Waals surface area (Å²) in [4.78, 5) is 3.95. The van der Waals surface area contributed by atoms with E-state index < -0.39 is 0 Å². The number of pyridine rings is 1. The Bertz CT molecular complexity index is 560. The van der Waals surface area contributed by atoms with E-state index in [-0.39, 0.29) is 5.38 Å². The second-order valence-corrected chi connectivity index (χ2v) is 6.03. The van der Waals surface area contributed by atoms with Gasteiger partial charge in [0.1, 0.15) is 0 Å². The minimum absolute atomic E-state index is 0.196. The number of alkyl halides is 1. The van der Waals surface area contributed by atoms with E-state index in [9.17, 15) is 0 Å². The van der Waals surface area contributed by atoms with Gasteiger partial charge in [0.2, 0.25) is 0 Å².